The third-order valence-electron chi connectivity index (χ3n) is 7.65. The van der Waals surface area contributed by atoms with Crippen molar-refractivity contribution in [3.05, 3.63) is 36.5 Å². The Bertz CT molecular complexity index is 984. The van der Waals surface area contributed by atoms with E-state index in [1.165, 1.54) is 38.5 Å². The van der Waals surface area contributed by atoms with E-state index >= 15 is 0 Å². The van der Waals surface area contributed by atoms with E-state index in [-0.39, 0.29) is 19.4 Å². The first-order valence-electron chi connectivity index (χ1n) is 18.5. The summed E-state index contributed by atoms with van der Waals surface area (Å²) in [5.74, 6) is -2.40. The summed E-state index contributed by atoms with van der Waals surface area (Å²) < 4.78 is 32.5. The SMILES string of the molecule is CC/C=C\C/C=C\C/C=C\CCCCCCCC(=O)OC[C@H](COP(=O)(O)OC[C@H](N)C(=O)O)OC(=O)CCCCCCCCCCCC. The third-order valence-corrected chi connectivity index (χ3v) is 8.60. The fraction of sp³-hybridized carbons (Fsp3) is 0.757. The van der Waals surface area contributed by atoms with Gasteiger partial charge in [-0.15, -0.1) is 0 Å². The summed E-state index contributed by atoms with van der Waals surface area (Å²) in [6.07, 6.45) is 32.2. The molecule has 3 atom stereocenters. The molecule has 0 bridgehead atoms. The van der Waals surface area contributed by atoms with Gasteiger partial charge in [0.15, 0.2) is 6.10 Å². The molecule has 4 N–H and O–H groups in total. The first-order valence-corrected chi connectivity index (χ1v) is 20.0. The first-order chi connectivity index (χ1) is 23.6. The zero-order valence-corrected chi connectivity index (χ0v) is 31.2. The lowest BCUT2D eigenvalue weighted by atomic mass is 10.1. The van der Waals surface area contributed by atoms with Crippen LogP contribution in [-0.4, -0.2) is 59.9 Å². The van der Waals surface area contributed by atoms with Crippen LogP contribution in [0, 0.1) is 0 Å². The number of unbranched alkanes of at least 4 members (excludes halogenated alkanes) is 14. The lowest BCUT2D eigenvalue weighted by molar-refractivity contribution is -0.161. The molecule has 0 aromatic heterocycles. The van der Waals surface area contributed by atoms with Gasteiger partial charge >= 0.3 is 25.7 Å². The predicted molar refractivity (Wildman–Crippen MR) is 194 cm³/mol. The lowest BCUT2D eigenvalue weighted by Gasteiger charge is -2.20. The molecule has 49 heavy (non-hydrogen) atoms. The molecule has 284 valence electrons. The van der Waals surface area contributed by atoms with Gasteiger partial charge in [0.2, 0.25) is 0 Å². The molecular formula is C37H66NO10P. The Kier molecular flexibility index (Phi) is 31.3. The molecule has 0 aromatic carbocycles. The topological polar surface area (TPSA) is 172 Å². The number of hydrogen-bond acceptors (Lipinski definition) is 9. The van der Waals surface area contributed by atoms with Gasteiger partial charge in [-0.1, -0.05) is 127 Å². The van der Waals surface area contributed by atoms with Crippen molar-refractivity contribution in [2.24, 2.45) is 5.73 Å². The number of phosphoric ester groups is 1. The van der Waals surface area contributed by atoms with Crippen LogP contribution in [0.25, 0.3) is 0 Å². The number of allylic oxidation sites excluding steroid dienone is 6. The maximum atomic E-state index is 12.5. The minimum atomic E-state index is -4.71. The van der Waals surface area contributed by atoms with Gasteiger partial charge < -0.3 is 25.2 Å². The van der Waals surface area contributed by atoms with Crippen molar-refractivity contribution in [2.75, 3.05) is 19.8 Å². The summed E-state index contributed by atoms with van der Waals surface area (Å²) in [5.41, 5.74) is 5.31. The molecule has 0 heterocycles. The molecule has 0 aromatic rings. The molecule has 0 fully saturated rings. The van der Waals surface area contributed by atoms with Gasteiger partial charge in [-0.05, 0) is 44.9 Å². The molecule has 0 saturated heterocycles. The summed E-state index contributed by atoms with van der Waals surface area (Å²) in [4.78, 5) is 45.6. The lowest BCUT2D eigenvalue weighted by Crippen LogP contribution is -2.34. The number of carbonyl (C=O) groups excluding carboxylic acids is 2. The van der Waals surface area contributed by atoms with E-state index in [0.29, 0.717) is 12.8 Å². The van der Waals surface area contributed by atoms with Crippen molar-refractivity contribution in [1.29, 1.82) is 0 Å². The Hall–Kier alpha value is -2.30. The van der Waals surface area contributed by atoms with Gasteiger partial charge in [-0.3, -0.25) is 23.4 Å². The fourth-order valence-electron chi connectivity index (χ4n) is 4.72. The minimum absolute atomic E-state index is 0.158. The Labute approximate surface area is 295 Å². The van der Waals surface area contributed by atoms with Crippen LogP contribution in [0.2, 0.25) is 0 Å². The second-order valence-corrected chi connectivity index (χ2v) is 13.8. The molecule has 0 saturated carbocycles. The van der Waals surface area contributed by atoms with Crippen molar-refractivity contribution in [3.63, 3.8) is 0 Å². The van der Waals surface area contributed by atoms with Crippen LogP contribution in [-0.2, 0) is 37.5 Å². The molecule has 0 spiro atoms. The Morgan fingerprint density at radius 1 is 0.653 bits per heavy atom. The third kappa shape index (κ3) is 32.7. The summed E-state index contributed by atoms with van der Waals surface area (Å²) in [6, 6.07) is -1.52. The Morgan fingerprint density at radius 2 is 1.14 bits per heavy atom. The number of carbonyl (C=O) groups is 3. The van der Waals surface area contributed by atoms with Crippen LogP contribution in [0.3, 0.4) is 0 Å². The van der Waals surface area contributed by atoms with Crippen LogP contribution >= 0.6 is 7.82 Å². The zero-order valence-electron chi connectivity index (χ0n) is 30.3. The second kappa shape index (κ2) is 32.9. The van der Waals surface area contributed by atoms with E-state index in [1.54, 1.807) is 0 Å². The van der Waals surface area contributed by atoms with Gasteiger partial charge in [-0.25, -0.2) is 4.57 Å². The first kappa shape index (κ1) is 46.7. The molecule has 11 nitrogen and oxygen atoms in total. The van der Waals surface area contributed by atoms with Gasteiger partial charge in [-0.2, -0.15) is 0 Å². The van der Waals surface area contributed by atoms with Crippen molar-refractivity contribution in [2.45, 2.75) is 161 Å². The average Bonchev–Trinajstić information content (AvgIpc) is 3.07. The number of ether oxygens (including phenoxy) is 2. The quantitative estimate of drug-likeness (QED) is 0.0251. The predicted octanol–water partition coefficient (Wildman–Crippen LogP) is 8.89. The Balaban J connectivity index is 4.46. The summed E-state index contributed by atoms with van der Waals surface area (Å²) >= 11 is 0. The minimum Gasteiger partial charge on any atom is -0.480 e. The van der Waals surface area contributed by atoms with E-state index in [9.17, 15) is 23.8 Å². The molecule has 1 unspecified atom stereocenters. The van der Waals surface area contributed by atoms with Crippen LogP contribution < -0.4 is 5.73 Å². The summed E-state index contributed by atoms with van der Waals surface area (Å²) in [6.45, 7) is 2.63. The van der Waals surface area contributed by atoms with Crippen molar-refractivity contribution < 1.29 is 47.5 Å². The van der Waals surface area contributed by atoms with Crippen LogP contribution in [0.15, 0.2) is 36.5 Å². The average molecular weight is 716 g/mol. The van der Waals surface area contributed by atoms with Crippen molar-refractivity contribution >= 4 is 25.7 Å². The van der Waals surface area contributed by atoms with E-state index in [0.717, 1.165) is 70.6 Å². The maximum absolute atomic E-state index is 12.5. The molecule has 0 rings (SSSR count). The number of hydrogen-bond donors (Lipinski definition) is 3. The van der Waals surface area contributed by atoms with E-state index < -0.39 is 51.1 Å². The second-order valence-electron chi connectivity index (χ2n) is 12.3. The molecule has 0 amide bonds. The molecule has 0 aliphatic heterocycles. The van der Waals surface area contributed by atoms with E-state index in [4.69, 9.17) is 24.8 Å². The standard InChI is InChI=1S/C37H66NO10P/c1-3-5-7-9-11-13-15-16-17-18-19-21-22-24-26-28-35(39)45-30-33(31-46-49(43,44)47-32-34(38)37(41)42)48-36(40)29-27-25-23-20-14-12-10-8-6-4-2/h5,7,11,13,16-17,33-34H,3-4,6,8-10,12,14-15,18-32,38H2,1-2H3,(H,41,42)(H,43,44)/b7-5-,13-11-,17-16-/t33-,34+/m1/s1. The number of aliphatic carboxylic acids is 1. The number of carboxylic acids is 1. The van der Waals surface area contributed by atoms with Gasteiger partial charge in [0, 0.05) is 12.8 Å². The number of rotatable bonds is 34. The van der Waals surface area contributed by atoms with E-state index in [1.807, 2.05) is 0 Å². The fourth-order valence-corrected chi connectivity index (χ4v) is 5.50. The molecule has 0 aliphatic rings. The van der Waals surface area contributed by atoms with Crippen LogP contribution in [0.1, 0.15) is 149 Å². The Morgan fingerprint density at radius 3 is 1.71 bits per heavy atom. The van der Waals surface area contributed by atoms with Gasteiger partial charge in [0.25, 0.3) is 0 Å². The summed E-state index contributed by atoms with van der Waals surface area (Å²) in [7, 11) is -4.71. The molecule has 0 aliphatic carbocycles. The van der Waals surface area contributed by atoms with Gasteiger partial charge in [0.05, 0.1) is 13.2 Å². The molecular weight excluding hydrogens is 649 g/mol. The highest BCUT2D eigenvalue weighted by Crippen LogP contribution is 2.43. The highest BCUT2D eigenvalue weighted by Gasteiger charge is 2.28. The van der Waals surface area contributed by atoms with Gasteiger partial charge in [0.1, 0.15) is 12.6 Å². The number of phosphoric acid groups is 1. The molecule has 0 radical (unpaired) electrons. The number of carboxylic acid groups (broad SMARTS) is 1. The summed E-state index contributed by atoms with van der Waals surface area (Å²) in [5, 5.41) is 8.84. The van der Waals surface area contributed by atoms with E-state index in [2.05, 4.69) is 54.8 Å². The highest BCUT2D eigenvalue weighted by atomic mass is 31.2. The van der Waals surface area contributed by atoms with Crippen LogP contribution in [0.5, 0.6) is 0 Å². The van der Waals surface area contributed by atoms with Crippen molar-refractivity contribution in [3.8, 4) is 0 Å². The number of esters is 2. The smallest absolute Gasteiger partial charge is 0.472 e. The largest absolute Gasteiger partial charge is 0.480 e. The zero-order chi connectivity index (χ0) is 36.4. The normalized spacial score (nSPS) is 14.4. The van der Waals surface area contributed by atoms with Crippen molar-refractivity contribution in [1.82, 2.24) is 0 Å². The maximum Gasteiger partial charge on any atom is 0.472 e. The monoisotopic (exact) mass is 715 g/mol. The molecule has 12 heteroatoms. The van der Waals surface area contributed by atoms with Crippen LogP contribution in [0.4, 0.5) is 0 Å². The number of nitrogens with two attached hydrogens (primary N) is 1. The highest BCUT2D eigenvalue weighted by molar-refractivity contribution is 7.47.